The van der Waals surface area contributed by atoms with Crippen LogP contribution >= 0.6 is 15.9 Å². The Bertz CT molecular complexity index is 268. The zero-order valence-electron chi connectivity index (χ0n) is 9.49. The Kier molecular flexibility index (Phi) is 7.80. The summed E-state index contributed by atoms with van der Waals surface area (Å²) in [6.07, 6.45) is 0.111. The van der Waals surface area contributed by atoms with Gasteiger partial charge in [0, 0.05) is 6.54 Å². The molecule has 5 nitrogen and oxygen atoms in total. The van der Waals surface area contributed by atoms with Crippen molar-refractivity contribution in [1.29, 1.82) is 0 Å². The molecule has 0 saturated carbocycles. The van der Waals surface area contributed by atoms with Gasteiger partial charge in [0.1, 0.15) is 5.78 Å². The smallest absolute Gasteiger partial charge is 0.307 e. The Morgan fingerprint density at radius 3 is 2.38 bits per heavy atom. The van der Waals surface area contributed by atoms with Crippen molar-refractivity contribution < 1.29 is 19.1 Å². The minimum absolute atomic E-state index is 0.0316. The highest BCUT2D eigenvalue weighted by molar-refractivity contribution is 9.09. The molecule has 0 aromatic rings. The Hall–Kier alpha value is -0.910. The van der Waals surface area contributed by atoms with Crippen LogP contribution in [0.3, 0.4) is 0 Å². The number of ether oxygens (including phenoxy) is 1. The van der Waals surface area contributed by atoms with Gasteiger partial charge in [-0.3, -0.25) is 14.4 Å². The Morgan fingerprint density at radius 2 is 1.94 bits per heavy atom. The lowest BCUT2D eigenvalue weighted by atomic mass is 10.3. The van der Waals surface area contributed by atoms with Crippen LogP contribution in [0.5, 0.6) is 0 Å². The average molecular weight is 294 g/mol. The highest BCUT2D eigenvalue weighted by Crippen LogP contribution is 1.98. The molecule has 6 heteroatoms. The van der Waals surface area contributed by atoms with Crippen LogP contribution < -0.4 is 0 Å². The summed E-state index contributed by atoms with van der Waals surface area (Å²) in [6.45, 7) is 3.68. The fourth-order valence-corrected chi connectivity index (χ4v) is 1.46. The summed E-state index contributed by atoms with van der Waals surface area (Å²) < 4.78 is 4.74. The van der Waals surface area contributed by atoms with Crippen molar-refractivity contribution in [2.45, 2.75) is 20.3 Å². The number of nitrogens with zero attached hydrogens (tertiary/aromatic N) is 1. The molecule has 0 atom stereocenters. The van der Waals surface area contributed by atoms with Crippen molar-refractivity contribution in [2.75, 3.05) is 25.0 Å². The van der Waals surface area contributed by atoms with Crippen LogP contribution in [0.1, 0.15) is 20.3 Å². The monoisotopic (exact) mass is 293 g/mol. The SMILES string of the molecule is CCOC(=O)CCN(CC(C)=O)C(=O)CBr. The molecule has 0 spiro atoms. The molecule has 0 fully saturated rings. The third-order valence-corrected chi connectivity index (χ3v) is 2.25. The first-order valence-corrected chi connectivity index (χ1v) is 6.12. The molecule has 0 saturated heterocycles. The van der Waals surface area contributed by atoms with Crippen LogP contribution in [0.4, 0.5) is 0 Å². The van der Waals surface area contributed by atoms with Crippen molar-refractivity contribution >= 4 is 33.6 Å². The second kappa shape index (κ2) is 8.27. The van der Waals surface area contributed by atoms with Gasteiger partial charge >= 0.3 is 5.97 Å². The second-order valence-electron chi connectivity index (χ2n) is 3.21. The molecular formula is C10H16BrNO4. The molecule has 1 amide bonds. The third-order valence-electron chi connectivity index (χ3n) is 1.77. The maximum Gasteiger partial charge on any atom is 0.307 e. The Labute approximate surface area is 103 Å². The van der Waals surface area contributed by atoms with Gasteiger partial charge < -0.3 is 9.64 Å². The molecule has 0 aliphatic carbocycles. The number of halogens is 1. The van der Waals surface area contributed by atoms with Gasteiger partial charge in [0.25, 0.3) is 0 Å². The molecule has 0 rings (SSSR count). The molecule has 0 aromatic carbocycles. The molecule has 0 unspecified atom stereocenters. The molecule has 0 heterocycles. The number of Topliss-reactive ketones (excluding diaryl/α,β-unsaturated/α-hetero) is 1. The molecule has 0 aliphatic rings. The van der Waals surface area contributed by atoms with Gasteiger partial charge in [-0.05, 0) is 13.8 Å². The largest absolute Gasteiger partial charge is 0.466 e. The van der Waals surface area contributed by atoms with E-state index in [2.05, 4.69) is 15.9 Å². The van der Waals surface area contributed by atoms with E-state index in [4.69, 9.17) is 4.74 Å². The number of carbonyl (C=O) groups excluding carboxylic acids is 3. The summed E-state index contributed by atoms with van der Waals surface area (Å²) in [6, 6.07) is 0. The van der Waals surface area contributed by atoms with Gasteiger partial charge in [-0.1, -0.05) is 15.9 Å². The van der Waals surface area contributed by atoms with E-state index in [0.29, 0.717) is 6.61 Å². The van der Waals surface area contributed by atoms with E-state index in [1.165, 1.54) is 11.8 Å². The Morgan fingerprint density at radius 1 is 1.31 bits per heavy atom. The standard InChI is InChI=1S/C10H16BrNO4/c1-3-16-10(15)4-5-12(7-8(2)13)9(14)6-11/h3-7H2,1-2H3. The second-order valence-corrected chi connectivity index (χ2v) is 3.77. The summed E-state index contributed by atoms with van der Waals surface area (Å²) in [5.41, 5.74) is 0. The predicted molar refractivity (Wildman–Crippen MR) is 62.3 cm³/mol. The van der Waals surface area contributed by atoms with E-state index in [9.17, 15) is 14.4 Å². The number of carbonyl (C=O) groups is 3. The zero-order chi connectivity index (χ0) is 12.6. The molecule has 0 N–H and O–H groups in total. The minimum atomic E-state index is -0.363. The normalized spacial score (nSPS) is 9.69. The molecule has 0 aliphatic heterocycles. The first-order chi connectivity index (χ1) is 7.51. The van der Waals surface area contributed by atoms with Gasteiger partial charge in [0.2, 0.25) is 5.91 Å². The van der Waals surface area contributed by atoms with Crippen LogP contribution in [-0.4, -0.2) is 47.6 Å². The van der Waals surface area contributed by atoms with Crippen molar-refractivity contribution in [3.05, 3.63) is 0 Å². The zero-order valence-corrected chi connectivity index (χ0v) is 11.1. The van der Waals surface area contributed by atoms with Crippen LogP contribution in [0.15, 0.2) is 0 Å². The quantitative estimate of drug-likeness (QED) is 0.513. The lowest BCUT2D eigenvalue weighted by molar-refractivity contribution is -0.144. The van der Waals surface area contributed by atoms with Crippen molar-refractivity contribution in [3.63, 3.8) is 0 Å². The van der Waals surface area contributed by atoms with E-state index in [1.54, 1.807) is 6.92 Å². The van der Waals surface area contributed by atoms with E-state index >= 15 is 0 Å². The fourth-order valence-electron chi connectivity index (χ4n) is 1.10. The van der Waals surface area contributed by atoms with Gasteiger partial charge in [-0.2, -0.15) is 0 Å². The first kappa shape index (κ1) is 15.1. The lowest BCUT2D eigenvalue weighted by Crippen LogP contribution is -2.37. The molecular weight excluding hydrogens is 278 g/mol. The molecule has 16 heavy (non-hydrogen) atoms. The number of hydrogen-bond acceptors (Lipinski definition) is 4. The van der Waals surface area contributed by atoms with Gasteiger partial charge in [-0.25, -0.2) is 0 Å². The van der Waals surface area contributed by atoms with E-state index in [1.807, 2.05) is 0 Å². The summed E-state index contributed by atoms with van der Waals surface area (Å²) in [4.78, 5) is 34.7. The number of ketones is 1. The van der Waals surface area contributed by atoms with Crippen molar-refractivity contribution in [3.8, 4) is 0 Å². The lowest BCUT2D eigenvalue weighted by Gasteiger charge is -2.19. The average Bonchev–Trinajstić information content (AvgIpc) is 2.23. The summed E-state index contributed by atoms with van der Waals surface area (Å²) in [5, 5.41) is 0.142. The molecule has 92 valence electrons. The van der Waals surface area contributed by atoms with E-state index < -0.39 is 0 Å². The van der Waals surface area contributed by atoms with Gasteiger partial charge in [0.15, 0.2) is 0 Å². The summed E-state index contributed by atoms with van der Waals surface area (Å²) in [5.74, 6) is -0.684. The minimum Gasteiger partial charge on any atom is -0.466 e. The summed E-state index contributed by atoms with van der Waals surface area (Å²) >= 11 is 3.02. The first-order valence-electron chi connectivity index (χ1n) is 5.00. The van der Waals surface area contributed by atoms with Crippen LogP contribution in [0.25, 0.3) is 0 Å². The number of hydrogen-bond donors (Lipinski definition) is 0. The van der Waals surface area contributed by atoms with Gasteiger partial charge in [0.05, 0.1) is 24.9 Å². The molecule has 0 aromatic heterocycles. The maximum absolute atomic E-state index is 11.4. The maximum atomic E-state index is 11.4. The highest BCUT2D eigenvalue weighted by atomic mass is 79.9. The van der Waals surface area contributed by atoms with E-state index in [-0.39, 0.29) is 42.5 Å². The fraction of sp³-hybridized carbons (Fsp3) is 0.700. The van der Waals surface area contributed by atoms with Crippen LogP contribution in [0.2, 0.25) is 0 Å². The topological polar surface area (TPSA) is 63.7 Å². The number of rotatable bonds is 7. The van der Waals surface area contributed by atoms with Gasteiger partial charge in [-0.15, -0.1) is 0 Å². The predicted octanol–water partition coefficient (Wildman–Crippen LogP) is 0.752. The number of esters is 1. The number of amides is 1. The molecule has 0 radical (unpaired) electrons. The third kappa shape index (κ3) is 6.55. The van der Waals surface area contributed by atoms with Crippen molar-refractivity contribution in [2.24, 2.45) is 0 Å². The van der Waals surface area contributed by atoms with Crippen molar-refractivity contribution in [1.82, 2.24) is 4.90 Å². The van der Waals surface area contributed by atoms with Crippen LogP contribution in [-0.2, 0) is 19.1 Å². The highest BCUT2D eigenvalue weighted by Gasteiger charge is 2.15. The summed E-state index contributed by atoms with van der Waals surface area (Å²) in [7, 11) is 0. The Balaban J connectivity index is 4.16. The number of alkyl halides is 1. The van der Waals surface area contributed by atoms with Crippen LogP contribution in [0, 0.1) is 0 Å². The van der Waals surface area contributed by atoms with E-state index in [0.717, 1.165) is 0 Å². The molecule has 0 bridgehead atoms.